The Balaban J connectivity index is 2.20. The summed E-state index contributed by atoms with van der Waals surface area (Å²) in [5.74, 6) is 0.760. The molecule has 1 atom stereocenters. The average molecular weight is 217 g/mol. The quantitative estimate of drug-likeness (QED) is 0.845. The van der Waals surface area contributed by atoms with Crippen molar-refractivity contribution in [2.45, 2.75) is 25.4 Å². The standard InChI is InChI=1S/C13H15NO2/c1-16-11-5-3-10(4-6-11)12(15)13(9-14)7-2-8-13/h3-6,12,15H,2,7-8H2,1H3. The second-order valence-electron chi connectivity index (χ2n) is 4.30. The molecule has 0 bridgehead atoms. The summed E-state index contributed by atoms with van der Waals surface area (Å²) in [6.45, 7) is 0. The van der Waals surface area contributed by atoms with Crippen LogP contribution in [0.25, 0.3) is 0 Å². The van der Waals surface area contributed by atoms with Crippen molar-refractivity contribution in [3.8, 4) is 11.8 Å². The molecule has 84 valence electrons. The fourth-order valence-corrected chi connectivity index (χ4v) is 2.11. The number of ether oxygens (including phenoxy) is 1. The normalized spacial score (nSPS) is 19.3. The fourth-order valence-electron chi connectivity index (χ4n) is 2.11. The number of nitrogens with zero attached hydrogens (tertiary/aromatic N) is 1. The first-order valence-corrected chi connectivity index (χ1v) is 5.45. The van der Waals surface area contributed by atoms with E-state index in [-0.39, 0.29) is 0 Å². The van der Waals surface area contributed by atoms with Crippen molar-refractivity contribution in [3.63, 3.8) is 0 Å². The van der Waals surface area contributed by atoms with Crippen LogP contribution in [-0.2, 0) is 0 Å². The third-order valence-corrected chi connectivity index (χ3v) is 3.42. The number of rotatable bonds is 3. The lowest BCUT2D eigenvalue weighted by atomic mass is 9.65. The van der Waals surface area contributed by atoms with E-state index in [9.17, 15) is 5.11 Å². The molecule has 0 spiro atoms. The van der Waals surface area contributed by atoms with Gasteiger partial charge in [-0.3, -0.25) is 0 Å². The van der Waals surface area contributed by atoms with E-state index in [1.807, 2.05) is 24.3 Å². The van der Waals surface area contributed by atoms with Crippen LogP contribution >= 0.6 is 0 Å². The topological polar surface area (TPSA) is 53.2 Å². The van der Waals surface area contributed by atoms with Gasteiger partial charge in [-0.05, 0) is 30.5 Å². The molecule has 0 saturated heterocycles. The predicted octanol–water partition coefficient (Wildman–Crippen LogP) is 2.42. The first-order chi connectivity index (χ1) is 7.72. The van der Waals surface area contributed by atoms with Crippen LogP contribution in [0.4, 0.5) is 0 Å². The third-order valence-electron chi connectivity index (χ3n) is 3.42. The van der Waals surface area contributed by atoms with Crippen molar-refractivity contribution >= 4 is 0 Å². The zero-order chi connectivity index (χ0) is 11.6. The lowest BCUT2D eigenvalue weighted by Crippen LogP contribution is -2.34. The predicted molar refractivity (Wildman–Crippen MR) is 59.9 cm³/mol. The SMILES string of the molecule is COc1ccc(C(O)C2(C#N)CCC2)cc1. The highest BCUT2D eigenvalue weighted by Crippen LogP contribution is 2.49. The molecule has 3 nitrogen and oxygen atoms in total. The number of hydrogen-bond acceptors (Lipinski definition) is 3. The molecular weight excluding hydrogens is 202 g/mol. The molecule has 1 aliphatic carbocycles. The van der Waals surface area contributed by atoms with Gasteiger partial charge < -0.3 is 9.84 Å². The minimum Gasteiger partial charge on any atom is -0.497 e. The number of methoxy groups -OCH3 is 1. The highest BCUT2D eigenvalue weighted by Gasteiger charge is 2.44. The molecule has 0 aliphatic heterocycles. The van der Waals surface area contributed by atoms with Crippen molar-refractivity contribution in [1.29, 1.82) is 5.26 Å². The van der Waals surface area contributed by atoms with E-state index in [4.69, 9.17) is 10.00 Å². The van der Waals surface area contributed by atoms with E-state index in [0.717, 1.165) is 30.6 Å². The lowest BCUT2D eigenvalue weighted by Gasteiger charge is -2.39. The van der Waals surface area contributed by atoms with Crippen molar-refractivity contribution in [3.05, 3.63) is 29.8 Å². The van der Waals surface area contributed by atoms with Gasteiger partial charge >= 0.3 is 0 Å². The molecule has 0 radical (unpaired) electrons. The second-order valence-corrected chi connectivity index (χ2v) is 4.30. The number of aliphatic hydroxyl groups excluding tert-OH is 1. The molecule has 0 aromatic heterocycles. The van der Waals surface area contributed by atoms with Gasteiger partial charge in [-0.2, -0.15) is 5.26 Å². The Morgan fingerprint density at radius 2 is 2.00 bits per heavy atom. The van der Waals surface area contributed by atoms with Crippen LogP contribution in [0, 0.1) is 16.7 Å². The van der Waals surface area contributed by atoms with Crippen LogP contribution in [0.2, 0.25) is 0 Å². The Hall–Kier alpha value is -1.53. The second kappa shape index (κ2) is 4.15. The molecule has 1 N–H and O–H groups in total. The molecule has 1 saturated carbocycles. The first kappa shape index (κ1) is 11.0. The minimum absolute atomic E-state index is 0.561. The summed E-state index contributed by atoms with van der Waals surface area (Å²) in [4.78, 5) is 0. The molecule has 2 rings (SSSR count). The molecule has 1 aromatic rings. The Bertz CT molecular complexity index is 401. The van der Waals surface area contributed by atoms with Gasteiger partial charge in [0.2, 0.25) is 0 Å². The summed E-state index contributed by atoms with van der Waals surface area (Å²) in [5.41, 5.74) is 0.233. The third kappa shape index (κ3) is 1.66. The van der Waals surface area contributed by atoms with Gasteiger partial charge in [-0.1, -0.05) is 18.6 Å². The van der Waals surface area contributed by atoms with E-state index in [1.54, 1.807) is 7.11 Å². The van der Waals surface area contributed by atoms with Crippen LogP contribution in [0.3, 0.4) is 0 Å². The van der Waals surface area contributed by atoms with Gasteiger partial charge in [0.25, 0.3) is 0 Å². The minimum atomic E-state index is -0.683. The molecule has 3 heteroatoms. The average Bonchev–Trinajstić information content (AvgIpc) is 2.28. The monoisotopic (exact) mass is 217 g/mol. The maximum Gasteiger partial charge on any atom is 0.118 e. The van der Waals surface area contributed by atoms with Gasteiger partial charge in [0.1, 0.15) is 5.75 Å². The summed E-state index contributed by atoms with van der Waals surface area (Å²) in [5, 5.41) is 19.3. The Morgan fingerprint density at radius 1 is 1.38 bits per heavy atom. The van der Waals surface area contributed by atoms with Crippen molar-refractivity contribution in [1.82, 2.24) is 0 Å². The van der Waals surface area contributed by atoms with E-state index in [1.165, 1.54) is 0 Å². The van der Waals surface area contributed by atoms with Crippen LogP contribution < -0.4 is 4.74 Å². The highest BCUT2D eigenvalue weighted by atomic mass is 16.5. The zero-order valence-corrected chi connectivity index (χ0v) is 9.31. The maximum atomic E-state index is 10.2. The van der Waals surface area contributed by atoms with Crippen molar-refractivity contribution < 1.29 is 9.84 Å². The van der Waals surface area contributed by atoms with E-state index in [0.29, 0.717) is 0 Å². The number of benzene rings is 1. The van der Waals surface area contributed by atoms with Gasteiger partial charge in [-0.15, -0.1) is 0 Å². The van der Waals surface area contributed by atoms with Crippen LogP contribution in [0.15, 0.2) is 24.3 Å². The molecule has 1 aromatic carbocycles. The lowest BCUT2D eigenvalue weighted by molar-refractivity contribution is 0.00793. The van der Waals surface area contributed by atoms with Gasteiger partial charge in [-0.25, -0.2) is 0 Å². The number of nitriles is 1. The largest absolute Gasteiger partial charge is 0.497 e. The van der Waals surface area contributed by atoms with Crippen LogP contribution in [0.1, 0.15) is 30.9 Å². The van der Waals surface area contributed by atoms with Gasteiger partial charge in [0.15, 0.2) is 0 Å². The Morgan fingerprint density at radius 3 is 2.38 bits per heavy atom. The van der Waals surface area contributed by atoms with E-state index >= 15 is 0 Å². The summed E-state index contributed by atoms with van der Waals surface area (Å²) in [6.07, 6.45) is 1.92. The molecule has 16 heavy (non-hydrogen) atoms. The first-order valence-electron chi connectivity index (χ1n) is 5.45. The number of aliphatic hydroxyl groups is 1. The molecule has 0 amide bonds. The summed E-state index contributed by atoms with van der Waals surface area (Å²) in [7, 11) is 1.61. The molecule has 1 unspecified atom stereocenters. The summed E-state index contributed by atoms with van der Waals surface area (Å²) < 4.78 is 5.05. The fraction of sp³-hybridized carbons (Fsp3) is 0.462. The smallest absolute Gasteiger partial charge is 0.118 e. The van der Waals surface area contributed by atoms with Crippen LogP contribution in [0.5, 0.6) is 5.75 Å². The highest BCUT2D eigenvalue weighted by molar-refractivity contribution is 5.31. The van der Waals surface area contributed by atoms with Crippen LogP contribution in [-0.4, -0.2) is 12.2 Å². The Labute approximate surface area is 95.3 Å². The molecule has 0 heterocycles. The summed E-state index contributed by atoms with van der Waals surface area (Å²) in [6, 6.07) is 9.52. The van der Waals surface area contributed by atoms with Gasteiger partial charge in [0.05, 0.1) is 24.7 Å². The molecule has 1 aliphatic rings. The number of hydrogen-bond donors (Lipinski definition) is 1. The molecule has 1 fully saturated rings. The zero-order valence-electron chi connectivity index (χ0n) is 9.31. The van der Waals surface area contributed by atoms with E-state index < -0.39 is 11.5 Å². The Kier molecular flexibility index (Phi) is 2.84. The van der Waals surface area contributed by atoms with Crippen molar-refractivity contribution in [2.75, 3.05) is 7.11 Å². The van der Waals surface area contributed by atoms with E-state index in [2.05, 4.69) is 6.07 Å². The molecular formula is C13H15NO2. The van der Waals surface area contributed by atoms with Crippen molar-refractivity contribution in [2.24, 2.45) is 5.41 Å². The van der Waals surface area contributed by atoms with Gasteiger partial charge in [0, 0.05) is 0 Å². The summed E-state index contributed by atoms with van der Waals surface area (Å²) >= 11 is 0. The maximum absolute atomic E-state index is 10.2.